The molecule has 7 nitrogen and oxygen atoms in total. The average Bonchev–Trinajstić information content (AvgIpc) is 2.68. The second-order valence-electron chi connectivity index (χ2n) is 6.11. The monoisotopic (exact) mass is 355 g/mol. The zero-order valence-corrected chi connectivity index (χ0v) is 14.6. The van der Waals surface area contributed by atoms with Gasteiger partial charge in [-0.3, -0.25) is 4.79 Å². The number of para-hydroxylation sites is 1. The van der Waals surface area contributed by atoms with Crippen molar-refractivity contribution in [3.8, 4) is 0 Å². The van der Waals surface area contributed by atoms with E-state index in [2.05, 4.69) is 4.90 Å². The van der Waals surface area contributed by atoms with Gasteiger partial charge in [0.15, 0.2) is 12.3 Å². The van der Waals surface area contributed by atoms with Crippen LogP contribution in [0.2, 0.25) is 0 Å². The van der Waals surface area contributed by atoms with E-state index in [9.17, 15) is 14.8 Å². The minimum atomic E-state index is -0.939. The van der Waals surface area contributed by atoms with Gasteiger partial charge in [0, 0.05) is 44.0 Å². The Balaban J connectivity index is 1.55. The predicted octanol–water partition coefficient (Wildman–Crippen LogP) is 1.21. The Hall–Kier alpha value is -3.09. The van der Waals surface area contributed by atoms with Gasteiger partial charge in [-0.2, -0.15) is 4.73 Å². The predicted molar refractivity (Wildman–Crippen MR) is 95.5 cm³/mol. The fourth-order valence-electron chi connectivity index (χ4n) is 2.94. The molecule has 1 atom stereocenters. The van der Waals surface area contributed by atoms with Crippen molar-refractivity contribution in [2.24, 2.45) is 0 Å². The van der Waals surface area contributed by atoms with Gasteiger partial charge >= 0.3 is 11.7 Å². The van der Waals surface area contributed by atoms with E-state index < -0.39 is 12.1 Å². The van der Waals surface area contributed by atoms with Crippen LogP contribution in [0.15, 0.2) is 54.7 Å². The molecule has 1 amide bonds. The first-order chi connectivity index (χ1) is 12.6. The number of pyridine rings is 1. The summed E-state index contributed by atoms with van der Waals surface area (Å²) in [7, 11) is 0. The number of carbonyl (C=O) groups excluding carboxylic acids is 2. The molecule has 1 saturated heterocycles. The van der Waals surface area contributed by atoms with Crippen LogP contribution in [0.5, 0.6) is 0 Å². The lowest BCUT2D eigenvalue weighted by atomic mass is 10.2. The van der Waals surface area contributed by atoms with Crippen LogP contribution in [-0.2, 0) is 9.53 Å². The Morgan fingerprint density at radius 3 is 2.35 bits per heavy atom. The Morgan fingerprint density at radius 2 is 1.69 bits per heavy atom. The van der Waals surface area contributed by atoms with Crippen LogP contribution >= 0.6 is 0 Å². The largest absolute Gasteiger partial charge is 0.618 e. The maximum atomic E-state index is 12.5. The van der Waals surface area contributed by atoms with Crippen molar-refractivity contribution >= 4 is 17.6 Å². The second kappa shape index (κ2) is 7.86. The normalized spacial score (nSPS) is 15.4. The molecule has 1 aliphatic heterocycles. The van der Waals surface area contributed by atoms with Gasteiger partial charge in [0.25, 0.3) is 5.91 Å². The Labute approximate surface area is 152 Å². The van der Waals surface area contributed by atoms with E-state index in [0.717, 1.165) is 18.8 Å². The van der Waals surface area contributed by atoms with E-state index >= 15 is 0 Å². The lowest BCUT2D eigenvalue weighted by Gasteiger charge is -2.36. The zero-order chi connectivity index (χ0) is 18.5. The molecular weight excluding hydrogens is 334 g/mol. The summed E-state index contributed by atoms with van der Waals surface area (Å²) in [4.78, 5) is 28.5. The molecule has 26 heavy (non-hydrogen) atoms. The van der Waals surface area contributed by atoms with Crippen LogP contribution in [0.4, 0.5) is 5.69 Å². The molecule has 2 aromatic rings. The molecular formula is C19H21N3O4. The molecule has 1 aromatic carbocycles. The highest BCUT2D eigenvalue weighted by atomic mass is 16.6. The third kappa shape index (κ3) is 3.93. The summed E-state index contributed by atoms with van der Waals surface area (Å²) in [6, 6.07) is 14.5. The van der Waals surface area contributed by atoms with Crippen molar-refractivity contribution in [2.45, 2.75) is 13.0 Å². The number of amides is 1. The van der Waals surface area contributed by atoms with E-state index in [1.54, 1.807) is 11.0 Å². The van der Waals surface area contributed by atoms with Gasteiger partial charge in [0.05, 0.1) is 0 Å². The van der Waals surface area contributed by atoms with Crippen molar-refractivity contribution in [2.75, 3.05) is 31.1 Å². The van der Waals surface area contributed by atoms with Crippen molar-refractivity contribution in [1.82, 2.24) is 4.90 Å². The number of nitrogens with zero attached hydrogens (tertiary/aromatic N) is 3. The standard InChI is InChI=1S/C19H21N3O4/c1-15(26-19(24)17-9-5-6-10-22(17)25)18(23)21-13-11-20(12-14-21)16-7-3-2-4-8-16/h2-10,15H,11-14H2,1H3/t15-/m0/s1. The topological polar surface area (TPSA) is 76.8 Å². The summed E-state index contributed by atoms with van der Waals surface area (Å²) in [5.74, 6) is -1.05. The van der Waals surface area contributed by atoms with Crippen LogP contribution in [0, 0.1) is 5.21 Å². The van der Waals surface area contributed by atoms with Gasteiger partial charge < -0.3 is 19.7 Å². The van der Waals surface area contributed by atoms with Crippen LogP contribution in [0.25, 0.3) is 0 Å². The lowest BCUT2D eigenvalue weighted by molar-refractivity contribution is -0.608. The zero-order valence-electron chi connectivity index (χ0n) is 14.6. The molecule has 1 fully saturated rings. The van der Waals surface area contributed by atoms with Crippen molar-refractivity contribution in [1.29, 1.82) is 0 Å². The molecule has 7 heteroatoms. The van der Waals surface area contributed by atoms with Crippen LogP contribution in [-0.4, -0.2) is 49.1 Å². The number of carbonyl (C=O) groups is 2. The van der Waals surface area contributed by atoms with Gasteiger partial charge in [0.1, 0.15) is 0 Å². The summed E-state index contributed by atoms with van der Waals surface area (Å²) in [5.41, 5.74) is 0.990. The van der Waals surface area contributed by atoms with Crippen LogP contribution < -0.4 is 9.63 Å². The second-order valence-corrected chi connectivity index (χ2v) is 6.11. The minimum Gasteiger partial charge on any atom is -0.618 e. The highest BCUT2D eigenvalue weighted by Crippen LogP contribution is 2.16. The summed E-state index contributed by atoms with van der Waals surface area (Å²) in [5, 5.41) is 11.6. The molecule has 3 rings (SSSR count). The fourth-order valence-corrected chi connectivity index (χ4v) is 2.94. The molecule has 0 unspecified atom stereocenters. The summed E-state index contributed by atoms with van der Waals surface area (Å²) >= 11 is 0. The van der Waals surface area contributed by atoms with E-state index in [-0.39, 0.29) is 11.6 Å². The number of aromatic nitrogens is 1. The first-order valence-electron chi connectivity index (χ1n) is 8.54. The molecule has 2 heterocycles. The number of piperazine rings is 1. The SMILES string of the molecule is C[C@H](OC(=O)c1cccc[n+]1[O-])C(=O)N1CCN(c2ccccc2)CC1. The molecule has 0 aliphatic carbocycles. The number of anilines is 1. The number of rotatable bonds is 4. The average molecular weight is 355 g/mol. The van der Waals surface area contributed by atoms with Gasteiger partial charge in [-0.05, 0) is 25.1 Å². The van der Waals surface area contributed by atoms with Crippen LogP contribution in [0.3, 0.4) is 0 Å². The Bertz CT molecular complexity index is 773. The van der Waals surface area contributed by atoms with Gasteiger partial charge in [0.2, 0.25) is 0 Å². The van der Waals surface area contributed by atoms with Crippen LogP contribution in [0.1, 0.15) is 17.4 Å². The molecule has 0 radical (unpaired) electrons. The summed E-state index contributed by atoms with van der Waals surface area (Å²) in [6.45, 7) is 4.08. The van der Waals surface area contributed by atoms with Gasteiger partial charge in [-0.15, -0.1) is 0 Å². The maximum Gasteiger partial charge on any atom is 0.405 e. The van der Waals surface area contributed by atoms with Crippen molar-refractivity contribution in [3.05, 3.63) is 65.6 Å². The first-order valence-corrected chi connectivity index (χ1v) is 8.54. The maximum absolute atomic E-state index is 12.5. The quantitative estimate of drug-likeness (QED) is 0.468. The third-order valence-corrected chi connectivity index (χ3v) is 4.38. The molecule has 0 N–H and O–H groups in total. The third-order valence-electron chi connectivity index (χ3n) is 4.38. The smallest absolute Gasteiger partial charge is 0.405 e. The fraction of sp³-hybridized carbons (Fsp3) is 0.316. The molecule has 0 saturated carbocycles. The first kappa shape index (κ1) is 17.7. The molecule has 136 valence electrons. The number of hydrogen-bond acceptors (Lipinski definition) is 5. The van der Waals surface area contributed by atoms with E-state index in [4.69, 9.17) is 4.74 Å². The van der Waals surface area contributed by atoms with Gasteiger partial charge in [-0.1, -0.05) is 18.2 Å². The van der Waals surface area contributed by atoms with Crippen molar-refractivity contribution in [3.63, 3.8) is 0 Å². The molecule has 1 aliphatic rings. The lowest BCUT2D eigenvalue weighted by Crippen LogP contribution is -2.52. The van der Waals surface area contributed by atoms with Gasteiger partial charge in [-0.25, -0.2) is 4.79 Å². The van der Waals surface area contributed by atoms with E-state index in [1.165, 1.54) is 25.3 Å². The Kier molecular flexibility index (Phi) is 5.36. The molecule has 1 aromatic heterocycles. The highest BCUT2D eigenvalue weighted by Gasteiger charge is 2.29. The summed E-state index contributed by atoms with van der Waals surface area (Å²) in [6.07, 6.45) is 0.275. The summed E-state index contributed by atoms with van der Waals surface area (Å²) < 4.78 is 5.61. The number of benzene rings is 1. The molecule has 0 bridgehead atoms. The number of hydrogen-bond donors (Lipinski definition) is 0. The highest BCUT2D eigenvalue weighted by molar-refractivity contribution is 5.89. The number of ether oxygens (including phenoxy) is 1. The van der Waals surface area contributed by atoms with E-state index in [0.29, 0.717) is 17.8 Å². The minimum absolute atomic E-state index is 0.138. The van der Waals surface area contributed by atoms with Crippen molar-refractivity contribution < 1.29 is 19.1 Å². The van der Waals surface area contributed by atoms with E-state index in [1.807, 2.05) is 30.3 Å². The molecule has 0 spiro atoms. The Morgan fingerprint density at radius 1 is 1.04 bits per heavy atom. The number of esters is 1.